The zero-order valence-corrected chi connectivity index (χ0v) is 14.9. The Bertz CT molecular complexity index is 673. The summed E-state index contributed by atoms with van der Waals surface area (Å²) in [5.41, 5.74) is 2.09. The van der Waals surface area contributed by atoms with E-state index < -0.39 is 12.4 Å². The SMILES string of the molecule is CO[C@H]1O[C@H](COCc2ccccc2)CC(=O)[C@H]1OCc1ccccc1. The zero-order valence-electron chi connectivity index (χ0n) is 14.9. The summed E-state index contributed by atoms with van der Waals surface area (Å²) in [5.74, 6) is -0.0210. The van der Waals surface area contributed by atoms with E-state index in [-0.39, 0.29) is 18.3 Å². The molecular weight excluding hydrogens is 332 g/mol. The largest absolute Gasteiger partial charge is 0.374 e. The van der Waals surface area contributed by atoms with Gasteiger partial charge in [0.1, 0.15) is 0 Å². The first-order valence-electron chi connectivity index (χ1n) is 8.74. The number of benzene rings is 2. The van der Waals surface area contributed by atoms with Crippen molar-refractivity contribution in [3.63, 3.8) is 0 Å². The van der Waals surface area contributed by atoms with Crippen molar-refractivity contribution in [3.05, 3.63) is 71.8 Å². The molecule has 0 N–H and O–H groups in total. The van der Waals surface area contributed by atoms with Crippen LogP contribution in [-0.4, -0.2) is 38.0 Å². The van der Waals surface area contributed by atoms with Crippen LogP contribution in [0.4, 0.5) is 0 Å². The van der Waals surface area contributed by atoms with Crippen molar-refractivity contribution in [2.24, 2.45) is 0 Å². The molecule has 2 aromatic carbocycles. The van der Waals surface area contributed by atoms with Crippen LogP contribution >= 0.6 is 0 Å². The topological polar surface area (TPSA) is 54.0 Å². The lowest BCUT2D eigenvalue weighted by Gasteiger charge is -2.34. The monoisotopic (exact) mass is 356 g/mol. The predicted molar refractivity (Wildman–Crippen MR) is 96.4 cm³/mol. The molecule has 0 amide bonds. The van der Waals surface area contributed by atoms with Crippen LogP contribution < -0.4 is 0 Å². The number of Topliss-reactive ketones (excluding diaryl/α,β-unsaturated/α-hetero) is 1. The Labute approximate surface area is 153 Å². The molecule has 0 saturated carbocycles. The van der Waals surface area contributed by atoms with Crippen molar-refractivity contribution >= 4 is 5.78 Å². The van der Waals surface area contributed by atoms with Gasteiger partial charge in [0.05, 0.1) is 25.9 Å². The maximum Gasteiger partial charge on any atom is 0.191 e. The summed E-state index contributed by atoms with van der Waals surface area (Å²) < 4.78 is 22.6. The normalized spacial score (nSPS) is 23.1. The first-order valence-corrected chi connectivity index (χ1v) is 8.74. The summed E-state index contributed by atoms with van der Waals surface area (Å²) in [5, 5.41) is 0. The van der Waals surface area contributed by atoms with E-state index in [0.29, 0.717) is 19.8 Å². The highest BCUT2D eigenvalue weighted by atomic mass is 16.7. The second-order valence-corrected chi connectivity index (χ2v) is 6.25. The number of ketones is 1. The number of carbonyl (C=O) groups excluding carboxylic acids is 1. The summed E-state index contributed by atoms with van der Waals surface area (Å²) in [6, 6.07) is 19.6. The third kappa shape index (κ3) is 5.22. The number of hydrogen-bond acceptors (Lipinski definition) is 5. The van der Waals surface area contributed by atoms with Crippen LogP contribution in [0.25, 0.3) is 0 Å². The van der Waals surface area contributed by atoms with Gasteiger partial charge in [0.2, 0.25) is 0 Å². The lowest BCUT2D eigenvalue weighted by Crippen LogP contribution is -2.49. The van der Waals surface area contributed by atoms with Crippen LogP contribution in [0.2, 0.25) is 0 Å². The molecule has 3 atom stereocenters. The van der Waals surface area contributed by atoms with Crippen molar-refractivity contribution in [1.82, 2.24) is 0 Å². The lowest BCUT2D eigenvalue weighted by atomic mass is 10.0. The van der Waals surface area contributed by atoms with E-state index in [9.17, 15) is 4.79 Å². The van der Waals surface area contributed by atoms with E-state index in [4.69, 9.17) is 18.9 Å². The molecule has 5 nitrogen and oxygen atoms in total. The average Bonchev–Trinajstić information content (AvgIpc) is 2.68. The number of hydrogen-bond donors (Lipinski definition) is 0. The molecule has 0 aliphatic carbocycles. The van der Waals surface area contributed by atoms with E-state index in [2.05, 4.69) is 0 Å². The van der Waals surface area contributed by atoms with E-state index in [0.717, 1.165) is 11.1 Å². The smallest absolute Gasteiger partial charge is 0.191 e. The summed E-state index contributed by atoms with van der Waals surface area (Å²) in [4.78, 5) is 12.5. The number of carbonyl (C=O) groups is 1. The highest BCUT2D eigenvalue weighted by Gasteiger charge is 2.38. The zero-order chi connectivity index (χ0) is 18.2. The van der Waals surface area contributed by atoms with Gasteiger partial charge >= 0.3 is 0 Å². The van der Waals surface area contributed by atoms with E-state index >= 15 is 0 Å². The molecule has 1 aliphatic rings. The molecule has 0 unspecified atom stereocenters. The van der Waals surface area contributed by atoms with Gasteiger partial charge in [0, 0.05) is 13.5 Å². The molecule has 2 aromatic rings. The Hall–Kier alpha value is -2.05. The van der Waals surface area contributed by atoms with E-state index in [1.807, 2.05) is 60.7 Å². The van der Waals surface area contributed by atoms with Gasteiger partial charge in [-0.3, -0.25) is 4.79 Å². The molecule has 26 heavy (non-hydrogen) atoms. The highest BCUT2D eigenvalue weighted by molar-refractivity contribution is 5.84. The predicted octanol–water partition coefficient (Wildman–Crippen LogP) is 3.12. The Kier molecular flexibility index (Phi) is 6.91. The molecule has 1 heterocycles. The molecule has 0 aromatic heterocycles. The fourth-order valence-electron chi connectivity index (χ4n) is 2.89. The van der Waals surface area contributed by atoms with Gasteiger partial charge in [0.25, 0.3) is 0 Å². The van der Waals surface area contributed by atoms with E-state index in [1.54, 1.807) is 0 Å². The third-order valence-electron chi connectivity index (χ3n) is 4.24. The minimum absolute atomic E-state index is 0.0210. The average molecular weight is 356 g/mol. The Balaban J connectivity index is 1.48. The third-order valence-corrected chi connectivity index (χ3v) is 4.24. The van der Waals surface area contributed by atoms with Gasteiger partial charge < -0.3 is 18.9 Å². The van der Waals surface area contributed by atoms with Crippen LogP contribution in [0.15, 0.2) is 60.7 Å². The Morgan fingerprint density at radius 3 is 2.19 bits per heavy atom. The van der Waals surface area contributed by atoms with Crippen LogP contribution in [0, 0.1) is 0 Å². The van der Waals surface area contributed by atoms with Crippen molar-refractivity contribution in [1.29, 1.82) is 0 Å². The maximum absolute atomic E-state index is 12.5. The van der Waals surface area contributed by atoms with Crippen LogP contribution in [-0.2, 0) is 37.0 Å². The fraction of sp³-hybridized carbons (Fsp3) is 0.381. The van der Waals surface area contributed by atoms with Gasteiger partial charge in [-0.1, -0.05) is 60.7 Å². The standard InChI is InChI=1S/C21H24O5/c1-23-21-20(25-14-17-10-6-3-7-11-17)19(22)12-18(26-21)15-24-13-16-8-4-2-5-9-16/h2-11,18,20-21H,12-15H2,1H3/t18-,20+,21-/m0/s1. The molecule has 1 aliphatic heterocycles. The molecule has 1 saturated heterocycles. The molecule has 5 heteroatoms. The van der Waals surface area contributed by atoms with Gasteiger partial charge in [-0.25, -0.2) is 0 Å². The van der Waals surface area contributed by atoms with Crippen LogP contribution in [0.1, 0.15) is 17.5 Å². The molecule has 0 spiro atoms. The van der Waals surface area contributed by atoms with Gasteiger partial charge in [-0.05, 0) is 11.1 Å². The first kappa shape index (κ1) is 18.7. The minimum atomic E-state index is -0.717. The molecular formula is C21H24O5. The second kappa shape index (κ2) is 9.59. The minimum Gasteiger partial charge on any atom is -0.374 e. The van der Waals surface area contributed by atoms with Gasteiger partial charge in [-0.2, -0.15) is 0 Å². The van der Waals surface area contributed by atoms with Crippen LogP contribution in [0.3, 0.4) is 0 Å². The van der Waals surface area contributed by atoms with E-state index in [1.165, 1.54) is 7.11 Å². The highest BCUT2D eigenvalue weighted by Crippen LogP contribution is 2.22. The van der Waals surface area contributed by atoms with Crippen molar-refractivity contribution in [2.45, 2.75) is 38.1 Å². The van der Waals surface area contributed by atoms with Crippen molar-refractivity contribution in [3.8, 4) is 0 Å². The quantitative estimate of drug-likeness (QED) is 0.727. The summed E-state index contributed by atoms with van der Waals surface area (Å²) in [6.45, 7) is 1.17. The maximum atomic E-state index is 12.5. The molecule has 0 bridgehead atoms. The Morgan fingerprint density at radius 1 is 0.962 bits per heavy atom. The van der Waals surface area contributed by atoms with Crippen molar-refractivity contribution in [2.75, 3.05) is 13.7 Å². The van der Waals surface area contributed by atoms with Gasteiger partial charge in [0.15, 0.2) is 18.2 Å². The molecule has 1 fully saturated rings. The van der Waals surface area contributed by atoms with Crippen LogP contribution in [0.5, 0.6) is 0 Å². The summed E-state index contributed by atoms with van der Waals surface area (Å²) in [6.07, 6.45) is -1.50. The fourth-order valence-corrected chi connectivity index (χ4v) is 2.89. The molecule has 0 radical (unpaired) electrons. The summed E-state index contributed by atoms with van der Waals surface area (Å²) in [7, 11) is 1.52. The first-order chi connectivity index (χ1) is 12.8. The second-order valence-electron chi connectivity index (χ2n) is 6.25. The Morgan fingerprint density at radius 2 is 1.58 bits per heavy atom. The molecule has 138 valence electrons. The number of rotatable bonds is 8. The van der Waals surface area contributed by atoms with Crippen molar-refractivity contribution < 1.29 is 23.7 Å². The number of methoxy groups -OCH3 is 1. The summed E-state index contributed by atoms with van der Waals surface area (Å²) >= 11 is 0. The van der Waals surface area contributed by atoms with Gasteiger partial charge in [-0.15, -0.1) is 0 Å². The molecule has 3 rings (SSSR count). The lowest BCUT2D eigenvalue weighted by molar-refractivity contribution is -0.240. The number of ether oxygens (including phenoxy) is 4.